The molecule has 0 radical (unpaired) electrons. The highest BCUT2D eigenvalue weighted by Gasteiger charge is 2.24. The average Bonchev–Trinajstić information content (AvgIpc) is 3.00. The molecule has 0 atom stereocenters. The second-order valence-corrected chi connectivity index (χ2v) is 6.25. The van der Waals surface area contributed by atoms with Gasteiger partial charge in [-0.3, -0.25) is 19.7 Å². The molecule has 144 valence electrons. The SMILES string of the molecule is CCN(CC(=O)NC(C)C)C(=O)c1nnn(-c2cccc([N+](=O)[O-])c2)c1C. The van der Waals surface area contributed by atoms with Crippen LogP contribution in [0, 0.1) is 17.0 Å². The van der Waals surface area contributed by atoms with Crippen LogP contribution >= 0.6 is 0 Å². The van der Waals surface area contributed by atoms with E-state index in [4.69, 9.17) is 0 Å². The van der Waals surface area contributed by atoms with E-state index < -0.39 is 10.8 Å². The maximum Gasteiger partial charge on any atom is 0.276 e. The van der Waals surface area contributed by atoms with Gasteiger partial charge in [0.15, 0.2) is 5.69 Å². The Morgan fingerprint density at radius 1 is 1.37 bits per heavy atom. The lowest BCUT2D eigenvalue weighted by Gasteiger charge is -2.20. The number of nitro groups is 1. The molecule has 0 aliphatic rings. The molecule has 1 aromatic carbocycles. The standard InChI is InChI=1S/C17H22N6O4/c1-5-21(10-15(24)18-11(2)3)17(25)16-12(4)22(20-19-16)13-7-6-8-14(9-13)23(26)27/h6-9,11H,5,10H2,1-4H3,(H,18,24). The van der Waals surface area contributed by atoms with E-state index in [0.29, 0.717) is 17.9 Å². The number of carbonyl (C=O) groups is 2. The number of nitrogens with one attached hydrogen (secondary N) is 1. The van der Waals surface area contributed by atoms with E-state index in [2.05, 4.69) is 15.6 Å². The van der Waals surface area contributed by atoms with Gasteiger partial charge >= 0.3 is 0 Å². The fraction of sp³-hybridized carbons (Fsp3) is 0.412. The molecular formula is C17H22N6O4. The molecule has 27 heavy (non-hydrogen) atoms. The van der Waals surface area contributed by atoms with Crippen molar-refractivity contribution >= 4 is 17.5 Å². The highest BCUT2D eigenvalue weighted by molar-refractivity contribution is 5.95. The molecule has 1 N–H and O–H groups in total. The summed E-state index contributed by atoms with van der Waals surface area (Å²) < 4.78 is 1.36. The number of amides is 2. The number of nitro benzene ring substituents is 1. The van der Waals surface area contributed by atoms with Gasteiger partial charge in [-0.2, -0.15) is 0 Å². The first-order valence-electron chi connectivity index (χ1n) is 8.50. The van der Waals surface area contributed by atoms with E-state index >= 15 is 0 Å². The summed E-state index contributed by atoms with van der Waals surface area (Å²) in [4.78, 5) is 36.5. The topological polar surface area (TPSA) is 123 Å². The lowest BCUT2D eigenvalue weighted by molar-refractivity contribution is -0.384. The summed E-state index contributed by atoms with van der Waals surface area (Å²) in [6.45, 7) is 7.33. The normalized spacial score (nSPS) is 10.7. The van der Waals surface area contributed by atoms with Gasteiger partial charge in [0.05, 0.1) is 22.8 Å². The fourth-order valence-electron chi connectivity index (χ4n) is 2.53. The van der Waals surface area contributed by atoms with Gasteiger partial charge in [0.2, 0.25) is 5.91 Å². The Labute approximate surface area is 156 Å². The number of carbonyl (C=O) groups excluding carboxylic acids is 2. The van der Waals surface area contributed by atoms with Gasteiger partial charge in [-0.1, -0.05) is 11.3 Å². The zero-order chi connectivity index (χ0) is 20.1. The third kappa shape index (κ3) is 4.66. The number of benzene rings is 1. The molecule has 0 aliphatic carbocycles. The Kier molecular flexibility index (Phi) is 6.22. The monoisotopic (exact) mass is 374 g/mol. The van der Waals surface area contributed by atoms with Crippen LogP contribution in [0.15, 0.2) is 24.3 Å². The van der Waals surface area contributed by atoms with Crippen molar-refractivity contribution in [2.75, 3.05) is 13.1 Å². The maximum atomic E-state index is 12.8. The molecule has 0 aliphatic heterocycles. The van der Waals surface area contributed by atoms with Crippen LogP contribution in [0.3, 0.4) is 0 Å². The van der Waals surface area contributed by atoms with Crippen LogP contribution < -0.4 is 5.32 Å². The summed E-state index contributed by atoms with van der Waals surface area (Å²) in [6.07, 6.45) is 0. The fourth-order valence-corrected chi connectivity index (χ4v) is 2.53. The quantitative estimate of drug-likeness (QED) is 0.578. The number of aromatic nitrogens is 3. The van der Waals surface area contributed by atoms with Crippen molar-refractivity contribution in [1.29, 1.82) is 0 Å². The van der Waals surface area contributed by atoms with Crippen molar-refractivity contribution in [1.82, 2.24) is 25.2 Å². The summed E-state index contributed by atoms with van der Waals surface area (Å²) in [5, 5.41) is 21.6. The summed E-state index contributed by atoms with van der Waals surface area (Å²) in [6, 6.07) is 5.86. The van der Waals surface area contributed by atoms with E-state index in [-0.39, 0.29) is 29.9 Å². The Morgan fingerprint density at radius 3 is 2.67 bits per heavy atom. The largest absolute Gasteiger partial charge is 0.352 e. The van der Waals surface area contributed by atoms with Gasteiger partial charge in [0, 0.05) is 24.7 Å². The van der Waals surface area contributed by atoms with E-state index in [1.807, 2.05) is 13.8 Å². The van der Waals surface area contributed by atoms with Crippen LogP contribution in [-0.4, -0.2) is 55.8 Å². The molecule has 0 bridgehead atoms. The van der Waals surface area contributed by atoms with Gasteiger partial charge in [0.25, 0.3) is 11.6 Å². The van der Waals surface area contributed by atoms with E-state index in [0.717, 1.165) is 0 Å². The minimum absolute atomic E-state index is 0.0252. The first kappa shape index (κ1) is 20.0. The second kappa shape index (κ2) is 8.39. The summed E-state index contributed by atoms with van der Waals surface area (Å²) >= 11 is 0. The summed E-state index contributed by atoms with van der Waals surface area (Å²) in [7, 11) is 0. The predicted molar refractivity (Wildman–Crippen MR) is 97.6 cm³/mol. The second-order valence-electron chi connectivity index (χ2n) is 6.25. The molecule has 1 aromatic heterocycles. The summed E-state index contributed by atoms with van der Waals surface area (Å²) in [5.41, 5.74) is 0.869. The smallest absolute Gasteiger partial charge is 0.276 e. The molecule has 0 saturated heterocycles. The Balaban J connectivity index is 2.27. The van der Waals surface area contributed by atoms with E-state index in [1.54, 1.807) is 19.9 Å². The summed E-state index contributed by atoms with van der Waals surface area (Å²) in [5.74, 6) is -0.686. The van der Waals surface area contributed by atoms with E-state index in [1.165, 1.54) is 27.8 Å². The van der Waals surface area contributed by atoms with Crippen molar-refractivity contribution in [2.45, 2.75) is 33.7 Å². The molecular weight excluding hydrogens is 352 g/mol. The predicted octanol–water partition coefficient (Wildman–Crippen LogP) is 1.47. The molecule has 10 heteroatoms. The molecule has 2 rings (SSSR count). The molecule has 0 fully saturated rings. The third-order valence-electron chi connectivity index (χ3n) is 3.84. The Bertz CT molecular complexity index is 861. The van der Waals surface area contributed by atoms with Gasteiger partial charge in [0.1, 0.15) is 0 Å². The maximum absolute atomic E-state index is 12.8. The van der Waals surface area contributed by atoms with Crippen LogP contribution in [0.2, 0.25) is 0 Å². The lowest BCUT2D eigenvalue weighted by atomic mass is 10.2. The van der Waals surface area contributed by atoms with Crippen molar-refractivity contribution < 1.29 is 14.5 Å². The van der Waals surface area contributed by atoms with Gasteiger partial charge < -0.3 is 10.2 Å². The van der Waals surface area contributed by atoms with Crippen LogP contribution in [0.1, 0.15) is 37.0 Å². The molecule has 0 spiro atoms. The number of nitrogens with zero attached hydrogens (tertiary/aromatic N) is 5. The van der Waals surface area contributed by atoms with E-state index in [9.17, 15) is 19.7 Å². The van der Waals surface area contributed by atoms with Crippen LogP contribution in [0.25, 0.3) is 5.69 Å². The molecule has 0 saturated carbocycles. The molecule has 0 unspecified atom stereocenters. The molecule has 1 heterocycles. The van der Waals surface area contributed by atoms with Crippen LogP contribution in [-0.2, 0) is 4.79 Å². The minimum atomic E-state index is -0.506. The first-order chi connectivity index (χ1) is 12.7. The lowest BCUT2D eigenvalue weighted by Crippen LogP contribution is -2.43. The van der Waals surface area contributed by atoms with Gasteiger partial charge in [-0.05, 0) is 33.8 Å². The Morgan fingerprint density at radius 2 is 2.07 bits per heavy atom. The zero-order valence-corrected chi connectivity index (χ0v) is 15.7. The van der Waals surface area contributed by atoms with Crippen molar-refractivity contribution in [3.8, 4) is 5.69 Å². The van der Waals surface area contributed by atoms with Crippen molar-refractivity contribution in [3.63, 3.8) is 0 Å². The number of non-ortho nitro benzene ring substituents is 1. The van der Waals surface area contributed by atoms with Crippen LogP contribution in [0.5, 0.6) is 0 Å². The molecule has 2 aromatic rings. The average molecular weight is 374 g/mol. The Hall–Kier alpha value is -3.30. The number of likely N-dealkylation sites (N-methyl/N-ethyl adjacent to an activating group) is 1. The highest BCUT2D eigenvalue weighted by atomic mass is 16.6. The first-order valence-corrected chi connectivity index (χ1v) is 8.50. The zero-order valence-electron chi connectivity index (χ0n) is 15.7. The number of hydrogen-bond donors (Lipinski definition) is 1. The van der Waals surface area contributed by atoms with Crippen LogP contribution in [0.4, 0.5) is 5.69 Å². The van der Waals surface area contributed by atoms with Crippen molar-refractivity contribution in [3.05, 3.63) is 45.8 Å². The molecule has 2 amide bonds. The highest BCUT2D eigenvalue weighted by Crippen LogP contribution is 2.19. The molecule has 10 nitrogen and oxygen atoms in total. The number of hydrogen-bond acceptors (Lipinski definition) is 6. The van der Waals surface area contributed by atoms with Gasteiger partial charge in [-0.25, -0.2) is 4.68 Å². The van der Waals surface area contributed by atoms with Gasteiger partial charge in [-0.15, -0.1) is 5.10 Å². The van der Waals surface area contributed by atoms with Crippen molar-refractivity contribution in [2.24, 2.45) is 0 Å². The third-order valence-corrected chi connectivity index (χ3v) is 3.84. The minimum Gasteiger partial charge on any atom is -0.352 e. The number of rotatable bonds is 7.